The molecule has 8 heteroatoms. The number of ether oxygens (including phenoxy) is 3. The van der Waals surface area contributed by atoms with E-state index >= 15 is 0 Å². The first kappa shape index (κ1) is 23.7. The molecule has 5 rings (SSSR count). The van der Waals surface area contributed by atoms with Crippen molar-refractivity contribution >= 4 is 23.0 Å². The van der Waals surface area contributed by atoms with Crippen LogP contribution in [0.2, 0.25) is 0 Å². The molecule has 2 aromatic carbocycles. The minimum absolute atomic E-state index is 0.194. The highest BCUT2D eigenvalue weighted by atomic mass is 32.1. The van der Waals surface area contributed by atoms with E-state index in [1.807, 2.05) is 48.5 Å². The number of nitrogens with one attached hydrogen (secondary N) is 1. The fourth-order valence-corrected chi connectivity index (χ4v) is 5.11. The lowest BCUT2D eigenvalue weighted by Gasteiger charge is -2.30. The van der Waals surface area contributed by atoms with Gasteiger partial charge in [0.15, 0.2) is 5.11 Å². The number of aryl methyl sites for hydroxylation is 1. The first-order chi connectivity index (χ1) is 17.5. The summed E-state index contributed by atoms with van der Waals surface area (Å²) in [7, 11) is 4.98. The summed E-state index contributed by atoms with van der Waals surface area (Å²) < 4.78 is 18.9. The molecule has 1 N–H and O–H groups in total. The van der Waals surface area contributed by atoms with Gasteiger partial charge in [0.2, 0.25) is 0 Å². The molecule has 0 amide bonds. The molecule has 36 heavy (non-hydrogen) atoms. The van der Waals surface area contributed by atoms with E-state index in [4.69, 9.17) is 26.4 Å². The van der Waals surface area contributed by atoms with Crippen LogP contribution in [0.4, 0.5) is 5.69 Å². The molecule has 2 aromatic heterocycles. The number of nitrogens with zero attached hydrogens (tertiary/aromatic N) is 3. The molecule has 184 valence electrons. The Labute approximate surface area is 216 Å². The highest BCUT2D eigenvalue weighted by Gasteiger charge is 2.43. The third kappa shape index (κ3) is 4.13. The first-order valence-corrected chi connectivity index (χ1v) is 12.0. The van der Waals surface area contributed by atoms with Crippen molar-refractivity contribution in [2.24, 2.45) is 0 Å². The number of pyridine rings is 1. The van der Waals surface area contributed by atoms with Crippen molar-refractivity contribution in [1.29, 1.82) is 0 Å². The fourth-order valence-electron chi connectivity index (χ4n) is 4.77. The minimum Gasteiger partial charge on any atom is -0.497 e. The van der Waals surface area contributed by atoms with Gasteiger partial charge in [-0.3, -0.25) is 4.98 Å². The summed E-state index contributed by atoms with van der Waals surface area (Å²) in [5.74, 6) is 2.23. The van der Waals surface area contributed by atoms with Crippen molar-refractivity contribution in [3.8, 4) is 22.9 Å². The van der Waals surface area contributed by atoms with E-state index in [1.54, 1.807) is 27.5 Å². The standard InChI is InChI=1S/C28H28N4O3S/c1-18-8-14-23(31(18)19-9-11-20(33-2)12-10-19)27-26(22-7-5-6-16-29-22)30-28(36)32(27)24-17-21(34-3)13-15-25(24)35-4/h5-17,26-27H,1-4H3,(H,30,36)/t26-,27+/m0/s1. The van der Waals surface area contributed by atoms with Crippen molar-refractivity contribution in [2.75, 3.05) is 26.2 Å². The lowest BCUT2D eigenvalue weighted by atomic mass is 10.0. The molecule has 4 aromatic rings. The van der Waals surface area contributed by atoms with Crippen molar-refractivity contribution in [3.63, 3.8) is 0 Å². The lowest BCUT2D eigenvalue weighted by molar-refractivity contribution is 0.402. The third-order valence-electron chi connectivity index (χ3n) is 6.48. The van der Waals surface area contributed by atoms with Crippen molar-refractivity contribution in [2.45, 2.75) is 19.0 Å². The summed E-state index contributed by atoms with van der Waals surface area (Å²) in [4.78, 5) is 6.78. The van der Waals surface area contributed by atoms with Gasteiger partial charge in [0.1, 0.15) is 23.3 Å². The van der Waals surface area contributed by atoms with Crippen LogP contribution in [-0.4, -0.2) is 36.0 Å². The van der Waals surface area contributed by atoms with Crippen LogP contribution in [0.1, 0.15) is 29.2 Å². The number of rotatable bonds is 7. The van der Waals surface area contributed by atoms with E-state index in [0.29, 0.717) is 10.9 Å². The Kier molecular flexibility index (Phi) is 6.52. The second-order valence-electron chi connectivity index (χ2n) is 8.47. The molecule has 1 saturated heterocycles. The van der Waals surface area contributed by atoms with Gasteiger partial charge in [-0.15, -0.1) is 0 Å². The summed E-state index contributed by atoms with van der Waals surface area (Å²) in [6.45, 7) is 2.10. The molecule has 1 aliphatic heterocycles. The van der Waals surface area contributed by atoms with Gasteiger partial charge in [0, 0.05) is 29.3 Å². The lowest BCUT2D eigenvalue weighted by Crippen LogP contribution is -2.30. The van der Waals surface area contributed by atoms with Crippen LogP contribution in [0.5, 0.6) is 17.2 Å². The molecular formula is C28H28N4O3S. The van der Waals surface area contributed by atoms with Crippen LogP contribution in [0.15, 0.2) is 79.0 Å². The highest BCUT2D eigenvalue weighted by molar-refractivity contribution is 7.80. The second kappa shape index (κ2) is 9.91. The quantitative estimate of drug-likeness (QED) is 0.342. The van der Waals surface area contributed by atoms with Crippen LogP contribution in [0.3, 0.4) is 0 Å². The smallest absolute Gasteiger partial charge is 0.174 e. The number of hydrogen-bond acceptors (Lipinski definition) is 5. The number of methoxy groups -OCH3 is 3. The molecule has 0 aliphatic carbocycles. The Bertz CT molecular complexity index is 1370. The van der Waals surface area contributed by atoms with Crippen molar-refractivity contribution in [1.82, 2.24) is 14.9 Å². The van der Waals surface area contributed by atoms with Gasteiger partial charge in [-0.1, -0.05) is 6.07 Å². The predicted octanol–water partition coefficient (Wildman–Crippen LogP) is 5.38. The Hall–Kier alpha value is -4.04. The average molecular weight is 501 g/mol. The van der Waals surface area contributed by atoms with Crippen LogP contribution in [-0.2, 0) is 0 Å². The Morgan fingerprint density at radius 1 is 0.861 bits per heavy atom. The summed E-state index contributed by atoms with van der Waals surface area (Å²) >= 11 is 5.93. The van der Waals surface area contributed by atoms with Crippen molar-refractivity contribution in [3.05, 3.63) is 96.1 Å². The first-order valence-electron chi connectivity index (χ1n) is 11.6. The van der Waals surface area contributed by atoms with Crippen LogP contribution < -0.4 is 24.4 Å². The number of hydrogen-bond donors (Lipinski definition) is 1. The zero-order valence-corrected chi connectivity index (χ0v) is 21.5. The van der Waals surface area contributed by atoms with Gasteiger partial charge >= 0.3 is 0 Å². The minimum atomic E-state index is -0.218. The monoisotopic (exact) mass is 500 g/mol. The summed E-state index contributed by atoms with van der Waals surface area (Å²) in [5, 5.41) is 4.11. The largest absolute Gasteiger partial charge is 0.497 e. The number of thiocarbonyl (C=S) groups is 1. The molecular weight excluding hydrogens is 472 g/mol. The SMILES string of the molecule is COc1ccc(-n2c(C)ccc2[C@@H]2[C@H](c3ccccn3)NC(=S)N2c2cc(OC)ccc2OC)cc1. The van der Waals surface area contributed by atoms with E-state index in [9.17, 15) is 0 Å². The summed E-state index contributed by atoms with van der Waals surface area (Å²) in [6, 6.07) is 23.6. The maximum Gasteiger partial charge on any atom is 0.174 e. The van der Waals surface area contributed by atoms with Gasteiger partial charge in [0.05, 0.1) is 38.8 Å². The Balaban J connectivity index is 1.71. The maximum atomic E-state index is 5.93. The highest BCUT2D eigenvalue weighted by Crippen LogP contribution is 2.46. The third-order valence-corrected chi connectivity index (χ3v) is 6.80. The number of benzene rings is 2. The van der Waals surface area contributed by atoms with E-state index in [-0.39, 0.29) is 12.1 Å². The molecule has 0 radical (unpaired) electrons. The van der Waals surface area contributed by atoms with Gasteiger partial charge in [-0.05, 0) is 79.8 Å². The van der Waals surface area contributed by atoms with Gasteiger partial charge in [-0.25, -0.2) is 0 Å². The topological polar surface area (TPSA) is 60.8 Å². The normalized spacial score (nSPS) is 17.1. The van der Waals surface area contributed by atoms with Crippen LogP contribution >= 0.6 is 12.2 Å². The van der Waals surface area contributed by atoms with E-state index < -0.39 is 0 Å². The summed E-state index contributed by atoms with van der Waals surface area (Å²) in [6.07, 6.45) is 1.81. The van der Waals surface area contributed by atoms with E-state index in [2.05, 4.69) is 51.0 Å². The number of aromatic nitrogens is 2. The molecule has 0 bridgehead atoms. The van der Waals surface area contributed by atoms with Gasteiger partial charge in [-0.2, -0.15) is 0 Å². The fraction of sp³-hybridized carbons (Fsp3) is 0.214. The van der Waals surface area contributed by atoms with Crippen molar-refractivity contribution < 1.29 is 14.2 Å². The van der Waals surface area contributed by atoms with Crippen LogP contribution in [0.25, 0.3) is 5.69 Å². The Morgan fingerprint density at radius 3 is 2.28 bits per heavy atom. The second-order valence-corrected chi connectivity index (χ2v) is 8.85. The van der Waals surface area contributed by atoms with E-state index in [1.165, 1.54) is 0 Å². The number of anilines is 1. The molecule has 3 heterocycles. The summed E-state index contributed by atoms with van der Waals surface area (Å²) in [5.41, 5.74) is 4.91. The average Bonchev–Trinajstić information content (AvgIpc) is 3.47. The predicted molar refractivity (Wildman–Crippen MR) is 145 cm³/mol. The molecule has 1 aliphatic rings. The Morgan fingerprint density at radius 2 is 1.61 bits per heavy atom. The van der Waals surface area contributed by atoms with E-state index in [0.717, 1.165) is 40.0 Å². The molecule has 0 unspecified atom stereocenters. The van der Waals surface area contributed by atoms with Gasteiger partial charge in [0.25, 0.3) is 0 Å². The molecule has 1 fully saturated rings. The molecule has 0 spiro atoms. The zero-order chi connectivity index (χ0) is 25.2. The molecule has 0 saturated carbocycles. The molecule has 7 nitrogen and oxygen atoms in total. The van der Waals surface area contributed by atoms with Gasteiger partial charge < -0.3 is 29.0 Å². The maximum absolute atomic E-state index is 5.93. The molecule has 2 atom stereocenters. The van der Waals surface area contributed by atoms with Crippen LogP contribution in [0, 0.1) is 6.92 Å². The zero-order valence-electron chi connectivity index (χ0n) is 20.6.